The lowest BCUT2D eigenvalue weighted by molar-refractivity contribution is -0.378. The number of hydrogen-bond acceptors (Lipinski definition) is 5. The van der Waals surface area contributed by atoms with Crippen LogP contribution in [0.1, 0.15) is 33.9 Å². The molecule has 1 aliphatic heterocycles. The van der Waals surface area contributed by atoms with Crippen molar-refractivity contribution < 1.29 is 29.2 Å². The fourth-order valence-corrected chi connectivity index (χ4v) is 5.34. The monoisotopic (exact) mass is 582 g/mol. The summed E-state index contributed by atoms with van der Waals surface area (Å²) in [5.41, 5.74) is 3.30. The van der Waals surface area contributed by atoms with Crippen LogP contribution in [0.25, 0.3) is 5.76 Å². The van der Waals surface area contributed by atoms with Gasteiger partial charge in [0.05, 0.1) is 12.6 Å². The van der Waals surface area contributed by atoms with Gasteiger partial charge >= 0.3 is 0 Å². The maximum Gasteiger partial charge on any atom is 0.295 e. The Hall–Kier alpha value is -5.69. The Morgan fingerprint density at radius 1 is 0.795 bits per heavy atom. The average molecular weight is 583 g/mol. The number of nitrogens with one attached hydrogen (secondary N) is 1. The van der Waals surface area contributed by atoms with E-state index in [0.29, 0.717) is 40.5 Å². The zero-order chi connectivity index (χ0) is 30.5. The number of pyridine rings is 1. The molecule has 4 aromatic carbocycles. The maximum atomic E-state index is 14.2. The summed E-state index contributed by atoms with van der Waals surface area (Å²) in [6.45, 7) is 2.32. The molecule has 6 rings (SSSR count). The number of para-hydroxylation sites is 1. The van der Waals surface area contributed by atoms with E-state index >= 15 is 0 Å². The molecule has 1 atom stereocenters. The molecule has 1 N–H and O–H groups in total. The van der Waals surface area contributed by atoms with Gasteiger partial charge in [0, 0.05) is 17.2 Å². The molecule has 44 heavy (non-hydrogen) atoms. The Morgan fingerprint density at radius 3 is 2.25 bits per heavy atom. The molecule has 0 radical (unpaired) electrons. The van der Waals surface area contributed by atoms with E-state index in [4.69, 9.17) is 9.47 Å². The smallest absolute Gasteiger partial charge is 0.295 e. The molecule has 1 aromatic heterocycles. The second-order valence-corrected chi connectivity index (χ2v) is 10.6. The summed E-state index contributed by atoms with van der Waals surface area (Å²) >= 11 is 0. The third-order valence-corrected chi connectivity index (χ3v) is 7.50. The molecule has 5 aromatic rings. The third kappa shape index (κ3) is 6.08. The highest BCUT2D eigenvalue weighted by molar-refractivity contribution is 6.46. The summed E-state index contributed by atoms with van der Waals surface area (Å²) in [7, 11) is 0. The number of likely N-dealkylation sites (tertiary alicyclic amines) is 1. The average Bonchev–Trinajstić information content (AvgIpc) is 3.30. The van der Waals surface area contributed by atoms with Gasteiger partial charge in [-0.25, -0.2) is 4.98 Å². The number of aromatic amines is 1. The predicted molar refractivity (Wildman–Crippen MR) is 163 cm³/mol. The number of amides is 1. The molecular weight excluding hydrogens is 552 g/mol. The molecule has 1 unspecified atom stereocenters. The molecule has 1 aliphatic rings. The maximum absolute atomic E-state index is 14.2. The normalized spacial score (nSPS) is 15.8. The lowest BCUT2D eigenvalue weighted by Crippen LogP contribution is -2.29. The summed E-state index contributed by atoms with van der Waals surface area (Å²) in [5.74, 6) is -0.250. The van der Waals surface area contributed by atoms with Crippen LogP contribution < -0.4 is 19.6 Å². The van der Waals surface area contributed by atoms with Gasteiger partial charge in [-0.2, -0.15) is 0 Å². The van der Waals surface area contributed by atoms with Gasteiger partial charge in [0.1, 0.15) is 23.9 Å². The van der Waals surface area contributed by atoms with Gasteiger partial charge in [-0.1, -0.05) is 72.5 Å². The molecular formula is C37H30N2O5. The van der Waals surface area contributed by atoms with E-state index in [9.17, 15) is 14.7 Å². The number of rotatable bonds is 9. The molecule has 1 saturated heterocycles. The first-order chi connectivity index (χ1) is 21.5. The van der Waals surface area contributed by atoms with E-state index in [0.717, 1.165) is 11.1 Å². The zero-order valence-electron chi connectivity index (χ0n) is 24.1. The number of H-pyrrole nitrogens is 1. The first kappa shape index (κ1) is 28.4. The van der Waals surface area contributed by atoms with Crippen molar-refractivity contribution >= 4 is 17.4 Å². The number of nitrogens with zero attached hydrogens (tertiary/aromatic N) is 1. The Bertz CT molecular complexity index is 1820. The van der Waals surface area contributed by atoms with Crippen LogP contribution in [0.2, 0.25) is 0 Å². The minimum atomic E-state index is -0.907. The van der Waals surface area contributed by atoms with Crippen LogP contribution >= 0.6 is 0 Å². The van der Waals surface area contributed by atoms with Crippen LogP contribution in [-0.4, -0.2) is 16.6 Å². The number of Topliss-reactive ketones (excluding diaryl/α,β-unsaturated/α-hetero) is 1. The zero-order valence-corrected chi connectivity index (χ0v) is 24.1. The van der Waals surface area contributed by atoms with Crippen LogP contribution in [0.3, 0.4) is 0 Å². The second kappa shape index (κ2) is 12.7. The van der Waals surface area contributed by atoms with E-state index in [1.54, 1.807) is 61.8 Å². The number of aromatic nitrogens is 1. The van der Waals surface area contributed by atoms with Crippen molar-refractivity contribution in [2.24, 2.45) is 0 Å². The van der Waals surface area contributed by atoms with E-state index in [-0.39, 0.29) is 12.1 Å². The van der Waals surface area contributed by atoms with Crippen molar-refractivity contribution in [1.82, 2.24) is 4.90 Å². The lowest BCUT2D eigenvalue weighted by atomic mass is 9.93. The van der Waals surface area contributed by atoms with Gasteiger partial charge in [0.15, 0.2) is 12.4 Å². The van der Waals surface area contributed by atoms with Gasteiger partial charge in [-0.3, -0.25) is 9.59 Å². The number of ketones is 1. The minimum Gasteiger partial charge on any atom is -0.872 e. The van der Waals surface area contributed by atoms with Gasteiger partial charge in [0.25, 0.3) is 5.91 Å². The highest BCUT2D eigenvalue weighted by Crippen LogP contribution is 2.41. The molecule has 1 amide bonds. The van der Waals surface area contributed by atoms with Gasteiger partial charge < -0.3 is 19.5 Å². The quantitative estimate of drug-likeness (QED) is 0.128. The standard InChI is InChI=1S/C37H30N2O5/c1-25-20-30(43-24-26-10-4-2-5-11-26)17-18-32(25)35(40)33-34(39(37(42)36(33)41)23-27-12-9-19-38-22-27)28-13-8-16-31(21-28)44-29-14-6-3-7-15-29/h2-22,34,40H,23-24H2,1H3. The number of carbonyl (C=O) groups excluding carboxylic acids is 2. The Morgan fingerprint density at radius 2 is 1.52 bits per heavy atom. The number of aryl methyl sites for hydroxylation is 1. The summed E-state index contributed by atoms with van der Waals surface area (Å²) in [6, 6.07) is 34.2. The molecule has 7 heteroatoms. The third-order valence-electron chi connectivity index (χ3n) is 7.50. The number of carbonyl (C=O) groups is 2. The lowest BCUT2D eigenvalue weighted by Gasteiger charge is -2.28. The van der Waals surface area contributed by atoms with Gasteiger partial charge in [-0.15, -0.1) is 0 Å². The topological polar surface area (TPSA) is 93.0 Å². The van der Waals surface area contributed by atoms with E-state index < -0.39 is 23.5 Å². The summed E-state index contributed by atoms with van der Waals surface area (Å²) in [5, 5.41) is 14.2. The second-order valence-electron chi connectivity index (χ2n) is 10.6. The van der Waals surface area contributed by atoms with Crippen molar-refractivity contribution in [3.63, 3.8) is 0 Å². The highest BCUT2D eigenvalue weighted by Gasteiger charge is 2.44. The van der Waals surface area contributed by atoms with Crippen molar-refractivity contribution in [2.75, 3.05) is 0 Å². The fourth-order valence-electron chi connectivity index (χ4n) is 5.34. The molecule has 0 saturated carbocycles. The Balaban J connectivity index is 1.38. The van der Waals surface area contributed by atoms with Crippen molar-refractivity contribution in [3.8, 4) is 17.2 Å². The molecule has 7 nitrogen and oxygen atoms in total. The summed E-state index contributed by atoms with van der Waals surface area (Å²) in [6.07, 6.45) is 3.53. The minimum absolute atomic E-state index is 0.0900. The van der Waals surface area contributed by atoms with Gasteiger partial charge in [-0.05, 0) is 71.6 Å². The molecule has 218 valence electrons. The number of ether oxygens (including phenoxy) is 2. The molecule has 1 fully saturated rings. The van der Waals surface area contributed by atoms with Crippen LogP contribution in [0.5, 0.6) is 17.2 Å². The van der Waals surface area contributed by atoms with Gasteiger partial charge in [0.2, 0.25) is 5.78 Å². The van der Waals surface area contributed by atoms with Crippen LogP contribution in [-0.2, 0) is 22.7 Å². The molecule has 0 spiro atoms. The molecule has 2 heterocycles. The Labute approximate surface area is 255 Å². The Kier molecular flexibility index (Phi) is 8.19. The largest absolute Gasteiger partial charge is 0.872 e. The van der Waals surface area contributed by atoms with Crippen molar-refractivity contribution in [3.05, 3.63) is 161 Å². The first-order valence-corrected chi connectivity index (χ1v) is 14.3. The fraction of sp³-hybridized carbons (Fsp3) is 0.108. The number of benzene rings is 4. The predicted octanol–water partition coefficient (Wildman–Crippen LogP) is 5.60. The number of hydrogen-bond donors (Lipinski definition) is 0. The van der Waals surface area contributed by atoms with Crippen LogP contribution in [0.15, 0.2) is 133 Å². The van der Waals surface area contributed by atoms with Crippen molar-refractivity contribution in [2.45, 2.75) is 26.1 Å². The first-order valence-electron chi connectivity index (χ1n) is 14.3. The highest BCUT2D eigenvalue weighted by atomic mass is 16.5. The summed E-state index contributed by atoms with van der Waals surface area (Å²) < 4.78 is 12.0. The van der Waals surface area contributed by atoms with E-state index in [2.05, 4.69) is 4.98 Å². The molecule has 0 aliphatic carbocycles. The van der Waals surface area contributed by atoms with E-state index in [1.165, 1.54) is 4.90 Å². The molecule has 0 bridgehead atoms. The van der Waals surface area contributed by atoms with E-state index in [1.807, 2.05) is 72.8 Å². The van der Waals surface area contributed by atoms with Crippen molar-refractivity contribution in [1.29, 1.82) is 0 Å². The van der Waals surface area contributed by atoms with Crippen LogP contribution in [0.4, 0.5) is 0 Å². The summed E-state index contributed by atoms with van der Waals surface area (Å²) in [4.78, 5) is 31.6. The SMILES string of the molecule is Cc1cc(OCc2ccccc2)ccc1C([O-])=C1C(=O)C(=O)N(Cc2ccc[nH+]c2)C1c1cccc(Oc2ccccc2)c1. The van der Waals surface area contributed by atoms with Crippen LogP contribution in [0, 0.1) is 6.92 Å².